The summed E-state index contributed by atoms with van der Waals surface area (Å²) < 4.78 is 21.2. The van der Waals surface area contributed by atoms with Gasteiger partial charge in [-0.1, -0.05) is 11.6 Å². The van der Waals surface area contributed by atoms with Crippen molar-refractivity contribution in [1.82, 2.24) is 16.2 Å². The van der Waals surface area contributed by atoms with Gasteiger partial charge in [0.1, 0.15) is 23.0 Å². The minimum absolute atomic E-state index is 0.279. The molecule has 0 saturated heterocycles. The fourth-order valence-electron chi connectivity index (χ4n) is 2.66. The number of nitrogens with one attached hydrogen (secondary N) is 4. The first-order valence-corrected chi connectivity index (χ1v) is 10.3. The number of anilines is 1. The summed E-state index contributed by atoms with van der Waals surface area (Å²) in [7, 11) is 6.32. The SMILES string of the molecule is COc1ccc(OC)c(CCNC(=S)NNC(=S)Nc2cc(OC)c(Cl)cc2OC)c1. The maximum absolute atomic E-state index is 6.11. The highest BCUT2D eigenvalue weighted by atomic mass is 35.5. The highest BCUT2D eigenvalue weighted by Crippen LogP contribution is 2.35. The number of rotatable bonds is 8. The zero-order valence-corrected chi connectivity index (χ0v) is 20.0. The zero-order chi connectivity index (χ0) is 22.8. The van der Waals surface area contributed by atoms with E-state index < -0.39 is 0 Å². The van der Waals surface area contributed by atoms with Crippen LogP contribution >= 0.6 is 36.0 Å². The van der Waals surface area contributed by atoms with Gasteiger partial charge in [-0.15, -0.1) is 0 Å². The third-order valence-corrected chi connectivity index (χ3v) is 4.93. The van der Waals surface area contributed by atoms with E-state index in [1.807, 2.05) is 18.2 Å². The molecular weight excluding hydrogens is 460 g/mol. The Labute approximate surface area is 197 Å². The summed E-state index contributed by atoms with van der Waals surface area (Å²) in [6, 6.07) is 8.98. The van der Waals surface area contributed by atoms with E-state index >= 15 is 0 Å². The normalized spacial score (nSPS) is 9.97. The molecule has 0 aliphatic carbocycles. The van der Waals surface area contributed by atoms with Crippen molar-refractivity contribution >= 4 is 51.9 Å². The molecule has 168 valence electrons. The molecule has 0 saturated carbocycles. The Kier molecular flexibility index (Phi) is 9.70. The van der Waals surface area contributed by atoms with Crippen LogP contribution in [0.3, 0.4) is 0 Å². The molecule has 31 heavy (non-hydrogen) atoms. The van der Waals surface area contributed by atoms with E-state index in [-0.39, 0.29) is 5.11 Å². The number of methoxy groups -OCH3 is 4. The second-order valence-electron chi connectivity index (χ2n) is 6.07. The average molecular weight is 485 g/mol. The van der Waals surface area contributed by atoms with Gasteiger partial charge in [0.2, 0.25) is 0 Å². The fourth-order valence-corrected chi connectivity index (χ4v) is 3.20. The maximum Gasteiger partial charge on any atom is 0.189 e. The molecular formula is C20H25ClN4O4S2. The molecule has 0 fully saturated rings. The predicted molar refractivity (Wildman–Crippen MR) is 131 cm³/mol. The number of benzene rings is 2. The molecule has 2 rings (SSSR count). The molecule has 0 aromatic heterocycles. The third-order valence-electron chi connectivity index (χ3n) is 4.18. The van der Waals surface area contributed by atoms with Crippen molar-refractivity contribution in [2.75, 3.05) is 40.3 Å². The molecule has 0 bridgehead atoms. The summed E-state index contributed by atoms with van der Waals surface area (Å²) in [4.78, 5) is 0. The molecule has 4 N–H and O–H groups in total. The molecule has 0 aliphatic heterocycles. The molecule has 0 heterocycles. The lowest BCUT2D eigenvalue weighted by Gasteiger charge is -2.17. The molecule has 0 amide bonds. The number of ether oxygens (including phenoxy) is 4. The van der Waals surface area contributed by atoms with Gasteiger partial charge in [-0.2, -0.15) is 0 Å². The van der Waals surface area contributed by atoms with Gasteiger partial charge in [-0.3, -0.25) is 10.9 Å². The van der Waals surface area contributed by atoms with E-state index in [1.165, 1.54) is 14.2 Å². The monoisotopic (exact) mass is 484 g/mol. The Hall–Kier alpha value is -2.69. The number of hydrogen-bond acceptors (Lipinski definition) is 6. The molecule has 11 heteroatoms. The summed E-state index contributed by atoms with van der Waals surface area (Å²) in [6.45, 7) is 0.583. The van der Waals surface area contributed by atoms with E-state index in [1.54, 1.807) is 26.4 Å². The van der Waals surface area contributed by atoms with Crippen molar-refractivity contribution in [3.63, 3.8) is 0 Å². The summed E-state index contributed by atoms with van der Waals surface area (Å²) >= 11 is 16.7. The Balaban J connectivity index is 1.83. The summed E-state index contributed by atoms with van der Waals surface area (Å²) in [6.07, 6.45) is 0.687. The van der Waals surface area contributed by atoms with Crippen LogP contribution in [0.15, 0.2) is 30.3 Å². The van der Waals surface area contributed by atoms with Gasteiger partial charge in [0, 0.05) is 18.7 Å². The molecule has 0 aliphatic rings. The first kappa shape index (κ1) is 24.6. The Morgan fingerprint density at radius 2 is 1.52 bits per heavy atom. The lowest BCUT2D eigenvalue weighted by atomic mass is 10.1. The fraction of sp³-hybridized carbons (Fsp3) is 0.300. The van der Waals surface area contributed by atoms with Gasteiger partial charge < -0.3 is 29.6 Å². The zero-order valence-electron chi connectivity index (χ0n) is 17.6. The molecule has 0 spiro atoms. The van der Waals surface area contributed by atoms with Crippen LogP contribution in [0.25, 0.3) is 0 Å². The topological polar surface area (TPSA) is 85.0 Å². The van der Waals surface area contributed by atoms with Crippen LogP contribution < -0.4 is 40.4 Å². The van der Waals surface area contributed by atoms with Gasteiger partial charge >= 0.3 is 0 Å². The lowest BCUT2D eigenvalue weighted by molar-refractivity contribution is 0.398. The second-order valence-corrected chi connectivity index (χ2v) is 7.30. The van der Waals surface area contributed by atoms with E-state index in [0.29, 0.717) is 40.3 Å². The maximum atomic E-state index is 6.11. The van der Waals surface area contributed by atoms with Gasteiger partial charge in [0.25, 0.3) is 0 Å². The van der Waals surface area contributed by atoms with Crippen LogP contribution in [-0.4, -0.2) is 45.2 Å². The van der Waals surface area contributed by atoms with Crippen LogP contribution in [0.1, 0.15) is 5.56 Å². The van der Waals surface area contributed by atoms with Crippen LogP contribution in [-0.2, 0) is 6.42 Å². The first-order valence-electron chi connectivity index (χ1n) is 9.15. The highest BCUT2D eigenvalue weighted by Gasteiger charge is 2.11. The van der Waals surface area contributed by atoms with Crippen molar-refractivity contribution in [2.24, 2.45) is 0 Å². The lowest BCUT2D eigenvalue weighted by Crippen LogP contribution is -2.48. The van der Waals surface area contributed by atoms with Crippen molar-refractivity contribution in [3.05, 3.63) is 40.9 Å². The number of hydrogen-bond donors (Lipinski definition) is 4. The van der Waals surface area contributed by atoms with Gasteiger partial charge in [-0.05, 0) is 54.6 Å². The largest absolute Gasteiger partial charge is 0.497 e. The Morgan fingerprint density at radius 3 is 2.16 bits per heavy atom. The average Bonchev–Trinajstić information content (AvgIpc) is 2.78. The molecule has 8 nitrogen and oxygen atoms in total. The van der Waals surface area contributed by atoms with E-state index in [9.17, 15) is 0 Å². The van der Waals surface area contributed by atoms with Gasteiger partial charge in [0.15, 0.2) is 10.2 Å². The summed E-state index contributed by atoms with van der Waals surface area (Å²) in [5, 5.41) is 7.19. The molecule has 0 unspecified atom stereocenters. The minimum Gasteiger partial charge on any atom is -0.497 e. The minimum atomic E-state index is 0.279. The van der Waals surface area contributed by atoms with E-state index in [2.05, 4.69) is 21.5 Å². The van der Waals surface area contributed by atoms with Crippen LogP contribution in [0.4, 0.5) is 5.69 Å². The summed E-state index contributed by atoms with van der Waals surface area (Å²) in [5.41, 5.74) is 7.24. The number of hydrazine groups is 1. The predicted octanol–water partition coefficient (Wildman–Crippen LogP) is 3.28. The van der Waals surface area contributed by atoms with Crippen LogP contribution in [0.5, 0.6) is 23.0 Å². The van der Waals surface area contributed by atoms with Crippen molar-refractivity contribution < 1.29 is 18.9 Å². The number of thiocarbonyl (C=S) groups is 2. The number of halogens is 1. The smallest absolute Gasteiger partial charge is 0.189 e. The first-order chi connectivity index (χ1) is 14.9. The third kappa shape index (κ3) is 7.20. The molecule has 2 aromatic rings. The van der Waals surface area contributed by atoms with E-state index in [0.717, 1.165) is 17.1 Å². The molecule has 0 radical (unpaired) electrons. The second kappa shape index (κ2) is 12.2. The molecule has 0 atom stereocenters. The van der Waals surface area contributed by atoms with Gasteiger partial charge in [-0.25, -0.2) is 0 Å². The van der Waals surface area contributed by atoms with Crippen molar-refractivity contribution in [2.45, 2.75) is 6.42 Å². The highest BCUT2D eigenvalue weighted by molar-refractivity contribution is 7.80. The van der Waals surface area contributed by atoms with E-state index in [4.69, 9.17) is 55.0 Å². The van der Waals surface area contributed by atoms with Crippen LogP contribution in [0.2, 0.25) is 5.02 Å². The quantitative estimate of drug-likeness (QED) is 0.331. The standard InChI is InChI=1S/C20H25ClN4O4S2/c1-26-13-5-6-16(27-2)12(9-13)7-8-22-19(30)24-25-20(31)23-15-11-17(28-3)14(21)10-18(15)29-4/h5-6,9-11H,7-8H2,1-4H3,(H2,22,24,30)(H2,23,25,31). The van der Waals surface area contributed by atoms with Gasteiger partial charge in [0.05, 0.1) is 39.1 Å². The van der Waals surface area contributed by atoms with Crippen LogP contribution in [0, 0.1) is 0 Å². The van der Waals surface area contributed by atoms with Crippen molar-refractivity contribution in [1.29, 1.82) is 0 Å². The summed E-state index contributed by atoms with van der Waals surface area (Å²) in [5.74, 6) is 2.56. The Bertz CT molecular complexity index is 930. The molecule has 2 aromatic carbocycles. The van der Waals surface area contributed by atoms with Crippen molar-refractivity contribution in [3.8, 4) is 23.0 Å². The Morgan fingerprint density at radius 1 is 0.839 bits per heavy atom.